The molecule has 2 aromatic carbocycles. The van der Waals surface area contributed by atoms with Crippen molar-refractivity contribution in [1.82, 2.24) is 10.2 Å². The summed E-state index contributed by atoms with van der Waals surface area (Å²) in [6, 6.07) is 11.5. The van der Waals surface area contributed by atoms with Crippen LogP contribution in [-0.4, -0.2) is 16.1 Å². The summed E-state index contributed by atoms with van der Waals surface area (Å²) in [5.41, 5.74) is 2.21. The van der Waals surface area contributed by atoms with E-state index >= 15 is 0 Å². The average Bonchev–Trinajstić information content (AvgIpc) is 2.92. The highest BCUT2D eigenvalue weighted by Gasteiger charge is 2.00. The molecule has 1 aromatic heterocycles. The predicted octanol–water partition coefficient (Wildman–Crippen LogP) is 3.35. The summed E-state index contributed by atoms with van der Waals surface area (Å²) in [7, 11) is 0. The van der Waals surface area contributed by atoms with E-state index in [0.717, 1.165) is 16.5 Å². The molecule has 0 aliphatic carbocycles. The number of rotatable bonds is 3. The van der Waals surface area contributed by atoms with Crippen LogP contribution in [0.3, 0.4) is 0 Å². The zero-order valence-corrected chi connectivity index (χ0v) is 11.0. The Hall–Kier alpha value is -2.95. The Balaban J connectivity index is 1.71. The largest absolute Gasteiger partial charge is 0.322 e. The second-order valence-corrected chi connectivity index (χ2v) is 4.55. The van der Waals surface area contributed by atoms with Crippen molar-refractivity contribution >= 4 is 28.6 Å². The molecule has 1 amide bonds. The fourth-order valence-electron chi connectivity index (χ4n) is 1.98. The van der Waals surface area contributed by atoms with Gasteiger partial charge in [-0.05, 0) is 35.9 Å². The quantitative estimate of drug-likeness (QED) is 0.723. The number of hydrogen-bond acceptors (Lipinski definition) is 2. The minimum Gasteiger partial charge on any atom is -0.322 e. The summed E-state index contributed by atoms with van der Waals surface area (Å²) in [4.78, 5) is 11.8. The number of anilines is 1. The van der Waals surface area contributed by atoms with Gasteiger partial charge in [0.15, 0.2) is 0 Å². The van der Waals surface area contributed by atoms with Crippen molar-refractivity contribution in [2.45, 2.75) is 0 Å². The van der Waals surface area contributed by atoms with Crippen molar-refractivity contribution < 1.29 is 9.18 Å². The summed E-state index contributed by atoms with van der Waals surface area (Å²) in [6.07, 6.45) is 4.83. The molecule has 3 rings (SSSR count). The number of H-pyrrole nitrogens is 1. The normalized spacial score (nSPS) is 11.1. The number of aromatic nitrogens is 2. The zero-order valence-electron chi connectivity index (χ0n) is 11.0. The van der Waals surface area contributed by atoms with Crippen LogP contribution in [-0.2, 0) is 4.79 Å². The number of nitrogens with zero attached hydrogens (tertiary/aromatic N) is 1. The second-order valence-electron chi connectivity index (χ2n) is 4.55. The van der Waals surface area contributed by atoms with Gasteiger partial charge >= 0.3 is 0 Å². The molecule has 5 heteroatoms. The van der Waals surface area contributed by atoms with E-state index in [2.05, 4.69) is 15.5 Å². The lowest BCUT2D eigenvalue weighted by atomic mass is 10.1. The molecule has 104 valence electrons. The molecule has 0 fully saturated rings. The van der Waals surface area contributed by atoms with Crippen LogP contribution < -0.4 is 5.32 Å². The Bertz CT molecular complexity index is 823. The molecule has 3 aromatic rings. The second kappa shape index (κ2) is 5.58. The molecule has 2 N–H and O–H groups in total. The van der Waals surface area contributed by atoms with Gasteiger partial charge in [-0.15, -0.1) is 0 Å². The van der Waals surface area contributed by atoms with E-state index in [9.17, 15) is 9.18 Å². The molecular formula is C16H12FN3O. The highest BCUT2D eigenvalue weighted by atomic mass is 19.1. The molecule has 1 heterocycles. The van der Waals surface area contributed by atoms with Gasteiger partial charge in [-0.3, -0.25) is 9.89 Å². The van der Waals surface area contributed by atoms with E-state index in [-0.39, 0.29) is 11.7 Å². The monoisotopic (exact) mass is 281 g/mol. The fraction of sp³-hybridized carbons (Fsp3) is 0. The van der Waals surface area contributed by atoms with Crippen LogP contribution >= 0.6 is 0 Å². The lowest BCUT2D eigenvalue weighted by Crippen LogP contribution is -2.07. The van der Waals surface area contributed by atoms with Gasteiger partial charge in [0.2, 0.25) is 5.91 Å². The Kier molecular flexibility index (Phi) is 3.47. The lowest BCUT2D eigenvalue weighted by Gasteiger charge is -2.01. The maximum Gasteiger partial charge on any atom is 0.248 e. The third-order valence-electron chi connectivity index (χ3n) is 2.99. The Labute approximate surface area is 120 Å². The van der Waals surface area contributed by atoms with E-state index in [1.54, 1.807) is 24.4 Å². The number of amides is 1. The molecule has 0 aliphatic rings. The first kappa shape index (κ1) is 13.1. The number of hydrogen-bond donors (Lipinski definition) is 2. The maximum absolute atomic E-state index is 13.0. The third-order valence-corrected chi connectivity index (χ3v) is 2.99. The van der Waals surface area contributed by atoms with Gasteiger partial charge < -0.3 is 5.32 Å². The van der Waals surface area contributed by atoms with Crippen molar-refractivity contribution in [3.8, 4) is 0 Å². The first-order valence-electron chi connectivity index (χ1n) is 6.38. The highest BCUT2D eigenvalue weighted by Crippen LogP contribution is 2.14. The van der Waals surface area contributed by atoms with Crippen molar-refractivity contribution in [2.75, 3.05) is 5.32 Å². The van der Waals surface area contributed by atoms with Gasteiger partial charge in [-0.2, -0.15) is 5.10 Å². The van der Waals surface area contributed by atoms with Crippen LogP contribution in [0.25, 0.3) is 17.0 Å². The molecule has 0 atom stereocenters. The summed E-state index contributed by atoms with van der Waals surface area (Å²) >= 11 is 0. The molecule has 0 saturated heterocycles. The molecule has 4 nitrogen and oxygen atoms in total. The van der Waals surface area contributed by atoms with E-state index in [0.29, 0.717) is 5.69 Å². The smallest absolute Gasteiger partial charge is 0.248 e. The van der Waals surface area contributed by atoms with E-state index < -0.39 is 0 Å². The molecular weight excluding hydrogens is 269 g/mol. The number of benzene rings is 2. The maximum atomic E-state index is 13.0. The van der Waals surface area contributed by atoms with Crippen LogP contribution in [0.4, 0.5) is 10.1 Å². The van der Waals surface area contributed by atoms with Gasteiger partial charge in [0, 0.05) is 17.1 Å². The van der Waals surface area contributed by atoms with Crippen molar-refractivity contribution in [3.05, 3.63) is 66.1 Å². The first-order chi connectivity index (χ1) is 10.2. The first-order valence-corrected chi connectivity index (χ1v) is 6.38. The van der Waals surface area contributed by atoms with E-state index in [1.165, 1.54) is 18.2 Å². The van der Waals surface area contributed by atoms with Gasteiger partial charge in [0.25, 0.3) is 0 Å². The topological polar surface area (TPSA) is 57.8 Å². The van der Waals surface area contributed by atoms with Gasteiger partial charge in [-0.1, -0.05) is 18.2 Å². The molecule has 0 bridgehead atoms. The van der Waals surface area contributed by atoms with Crippen LogP contribution in [0, 0.1) is 5.82 Å². The van der Waals surface area contributed by atoms with Crippen LogP contribution in [0.5, 0.6) is 0 Å². The third kappa shape index (κ3) is 3.14. The summed E-state index contributed by atoms with van der Waals surface area (Å²) in [5, 5.41) is 10.4. The van der Waals surface area contributed by atoms with Gasteiger partial charge in [-0.25, -0.2) is 4.39 Å². The highest BCUT2D eigenvalue weighted by molar-refractivity contribution is 6.02. The number of nitrogens with one attached hydrogen (secondary N) is 2. The standard InChI is InChI=1S/C16H12FN3O/c17-13-2-1-3-14(9-13)19-16(21)7-5-11-4-6-12-10-18-20-15(12)8-11/h1-10H,(H,18,20)(H,19,21)/b7-5+. The number of halogens is 1. The molecule has 0 spiro atoms. The number of aromatic amines is 1. The van der Waals surface area contributed by atoms with Gasteiger partial charge in [0.1, 0.15) is 5.82 Å². The minimum absolute atomic E-state index is 0.315. The summed E-state index contributed by atoms with van der Waals surface area (Å²) in [5.74, 6) is -0.702. The Morgan fingerprint density at radius 3 is 3.00 bits per heavy atom. The molecule has 0 unspecified atom stereocenters. The fourth-order valence-corrected chi connectivity index (χ4v) is 1.98. The summed E-state index contributed by atoms with van der Waals surface area (Å²) in [6.45, 7) is 0. The SMILES string of the molecule is O=C(/C=C/c1ccc2cn[nH]c2c1)Nc1cccc(F)c1. The summed E-state index contributed by atoms with van der Waals surface area (Å²) < 4.78 is 13.0. The Morgan fingerprint density at radius 2 is 2.14 bits per heavy atom. The molecule has 21 heavy (non-hydrogen) atoms. The zero-order chi connectivity index (χ0) is 14.7. The lowest BCUT2D eigenvalue weighted by molar-refractivity contribution is -0.111. The van der Waals surface area contributed by atoms with Crippen molar-refractivity contribution in [3.63, 3.8) is 0 Å². The average molecular weight is 281 g/mol. The predicted molar refractivity (Wildman–Crippen MR) is 80.2 cm³/mol. The minimum atomic E-state index is -0.388. The number of carbonyl (C=O) groups is 1. The number of carbonyl (C=O) groups excluding carboxylic acids is 1. The van der Waals surface area contributed by atoms with Crippen LogP contribution in [0.2, 0.25) is 0 Å². The van der Waals surface area contributed by atoms with Crippen molar-refractivity contribution in [2.24, 2.45) is 0 Å². The van der Waals surface area contributed by atoms with E-state index in [4.69, 9.17) is 0 Å². The molecule has 0 saturated carbocycles. The van der Waals surface area contributed by atoms with Crippen LogP contribution in [0.15, 0.2) is 54.7 Å². The molecule has 0 aliphatic heterocycles. The van der Waals surface area contributed by atoms with Crippen molar-refractivity contribution in [1.29, 1.82) is 0 Å². The molecule has 0 radical (unpaired) electrons. The van der Waals surface area contributed by atoms with Crippen LogP contribution in [0.1, 0.15) is 5.56 Å². The van der Waals surface area contributed by atoms with Gasteiger partial charge in [0.05, 0.1) is 11.7 Å². The number of fused-ring (bicyclic) bond motifs is 1. The Morgan fingerprint density at radius 1 is 1.24 bits per heavy atom. The van der Waals surface area contributed by atoms with E-state index in [1.807, 2.05) is 18.2 Å².